The first-order chi connectivity index (χ1) is 13.1. The average Bonchev–Trinajstić information content (AvgIpc) is 3.48. The van der Waals surface area contributed by atoms with E-state index in [1.54, 1.807) is 0 Å². The van der Waals surface area contributed by atoms with Crippen molar-refractivity contribution in [2.75, 3.05) is 13.2 Å². The van der Waals surface area contributed by atoms with Crippen molar-refractivity contribution in [1.82, 2.24) is 5.32 Å². The lowest BCUT2D eigenvalue weighted by Gasteiger charge is -2.14. The molecule has 1 fully saturated rings. The van der Waals surface area contributed by atoms with Gasteiger partial charge in [-0.3, -0.25) is 4.79 Å². The largest absolute Gasteiger partial charge is 0.493 e. The molecule has 27 heavy (non-hydrogen) atoms. The molecule has 0 radical (unpaired) electrons. The van der Waals surface area contributed by atoms with Crippen LogP contribution in [0.15, 0.2) is 48.5 Å². The summed E-state index contributed by atoms with van der Waals surface area (Å²) >= 11 is 0. The number of carbonyl (C=O) groups excluding carboxylic acids is 1. The first kappa shape index (κ1) is 19.1. The van der Waals surface area contributed by atoms with Crippen molar-refractivity contribution in [2.45, 2.75) is 39.3 Å². The minimum atomic E-state index is -0.0628. The van der Waals surface area contributed by atoms with E-state index >= 15 is 0 Å². The zero-order valence-electron chi connectivity index (χ0n) is 15.9. The van der Waals surface area contributed by atoms with Gasteiger partial charge in [-0.25, -0.2) is 0 Å². The summed E-state index contributed by atoms with van der Waals surface area (Å²) in [7, 11) is 0. The van der Waals surface area contributed by atoms with Gasteiger partial charge in [0.25, 0.3) is 0 Å². The summed E-state index contributed by atoms with van der Waals surface area (Å²) in [6, 6.07) is 15.5. The molecule has 1 N–H and O–H groups in total. The lowest BCUT2D eigenvalue weighted by molar-refractivity contribution is -0.119. The van der Waals surface area contributed by atoms with Gasteiger partial charge in [0.2, 0.25) is 5.91 Å². The number of carbonyl (C=O) groups is 1. The van der Waals surface area contributed by atoms with Crippen molar-refractivity contribution in [3.63, 3.8) is 0 Å². The van der Waals surface area contributed by atoms with Crippen LogP contribution >= 0.6 is 0 Å². The molecular weight excluding hydrogens is 342 g/mol. The Labute approximate surface area is 160 Å². The molecule has 2 aromatic rings. The van der Waals surface area contributed by atoms with Gasteiger partial charge in [0.15, 0.2) is 0 Å². The second-order valence-electron chi connectivity index (χ2n) is 7.07. The topological polar surface area (TPSA) is 56.8 Å². The van der Waals surface area contributed by atoms with Crippen LogP contribution in [0.2, 0.25) is 0 Å². The Balaban J connectivity index is 1.45. The van der Waals surface area contributed by atoms with E-state index in [0.717, 1.165) is 29.6 Å². The summed E-state index contributed by atoms with van der Waals surface area (Å²) in [5.74, 6) is 3.06. The summed E-state index contributed by atoms with van der Waals surface area (Å²) in [4.78, 5) is 11.0. The van der Waals surface area contributed by atoms with Crippen LogP contribution in [0.4, 0.5) is 0 Å². The molecule has 0 saturated heterocycles. The van der Waals surface area contributed by atoms with E-state index in [1.807, 2.05) is 55.5 Å². The predicted molar refractivity (Wildman–Crippen MR) is 104 cm³/mol. The van der Waals surface area contributed by atoms with Crippen LogP contribution in [0.5, 0.6) is 17.2 Å². The SMILES string of the molecule is CC(=O)N[C@@H](C)COc1cccc(OCc2ccc(OCC3CC3)cc2)c1. The standard InChI is InChI=1S/C22H27NO4/c1-16(23-17(2)24)13-25-21-4-3-5-22(12-21)27-15-19-8-10-20(11-9-19)26-14-18-6-7-18/h3-5,8-12,16,18H,6-7,13-15H2,1-2H3,(H,23,24)/t16-/m0/s1. The van der Waals surface area contributed by atoms with Crippen molar-refractivity contribution < 1.29 is 19.0 Å². The van der Waals surface area contributed by atoms with Gasteiger partial charge in [-0.1, -0.05) is 18.2 Å². The van der Waals surface area contributed by atoms with Crippen molar-refractivity contribution in [3.05, 3.63) is 54.1 Å². The molecule has 1 aliphatic carbocycles. The summed E-state index contributed by atoms with van der Waals surface area (Å²) in [5, 5.41) is 2.79. The molecule has 5 heteroatoms. The van der Waals surface area contributed by atoms with E-state index in [1.165, 1.54) is 19.8 Å². The third kappa shape index (κ3) is 6.85. The number of nitrogens with one attached hydrogen (secondary N) is 1. The van der Waals surface area contributed by atoms with Gasteiger partial charge in [0.05, 0.1) is 12.6 Å². The van der Waals surface area contributed by atoms with E-state index in [0.29, 0.717) is 19.0 Å². The maximum Gasteiger partial charge on any atom is 0.217 e. The fourth-order valence-electron chi connectivity index (χ4n) is 2.61. The minimum absolute atomic E-state index is 0.0484. The highest BCUT2D eigenvalue weighted by molar-refractivity contribution is 5.73. The molecular formula is C22H27NO4. The van der Waals surface area contributed by atoms with Gasteiger partial charge in [-0.05, 0) is 55.5 Å². The fraction of sp³-hybridized carbons (Fsp3) is 0.409. The van der Waals surface area contributed by atoms with Crippen LogP contribution < -0.4 is 19.5 Å². The van der Waals surface area contributed by atoms with Gasteiger partial charge in [-0.15, -0.1) is 0 Å². The van der Waals surface area contributed by atoms with Gasteiger partial charge >= 0.3 is 0 Å². The van der Waals surface area contributed by atoms with Crippen molar-refractivity contribution in [2.24, 2.45) is 5.92 Å². The van der Waals surface area contributed by atoms with Crippen LogP contribution in [0.25, 0.3) is 0 Å². The number of amides is 1. The molecule has 1 atom stereocenters. The molecule has 0 bridgehead atoms. The summed E-state index contributed by atoms with van der Waals surface area (Å²) < 4.78 is 17.3. The number of hydrogen-bond acceptors (Lipinski definition) is 4. The molecule has 0 aromatic heterocycles. The minimum Gasteiger partial charge on any atom is -0.493 e. The van der Waals surface area contributed by atoms with E-state index in [-0.39, 0.29) is 11.9 Å². The molecule has 1 aliphatic rings. The number of hydrogen-bond donors (Lipinski definition) is 1. The lowest BCUT2D eigenvalue weighted by atomic mass is 10.2. The van der Waals surface area contributed by atoms with Crippen LogP contribution in [0.1, 0.15) is 32.3 Å². The number of benzene rings is 2. The Hall–Kier alpha value is -2.69. The molecule has 3 rings (SSSR count). The summed E-state index contributed by atoms with van der Waals surface area (Å²) in [6.45, 7) is 5.11. The Bertz CT molecular complexity index is 740. The monoisotopic (exact) mass is 369 g/mol. The lowest BCUT2D eigenvalue weighted by Crippen LogP contribution is -2.35. The summed E-state index contributed by atoms with van der Waals surface area (Å²) in [6.07, 6.45) is 2.59. The molecule has 144 valence electrons. The number of ether oxygens (including phenoxy) is 3. The molecule has 1 saturated carbocycles. The molecule has 0 unspecified atom stereocenters. The van der Waals surface area contributed by atoms with E-state index in [9.17, 15) is 4.79 Å². The van der Waals surface area contributed by atoms with Gasteiger partial charge < -0.3 is 19.5 Å². The zero-order valence-corrected chi connectivity index (χ0v) is 15.9. The first-order valence-corrected chi connectivity index (χ1v) is 9.43. The third-order valence-electron chi connectivity index (χ3n) is 4.27. The average molecular weight is 369 g/mol. The van der Waals surface area contributed by atoms with Crippen LogP contribution in [0.3, 0.4) is 0 Å². The Morgan fingerprint density at radius 1 is 1.04 bits per heavy atom. The normalized spacial score (nSPS) is 14.3. The molecule has 2 aromatic carbocycles. The maximum atomic E-state index is 11.0. The summed E-state index contributed by atoms with van der Waals surface area (Å²) in [5.41, 5.74) is 1.08. The van der Waals surface area contributed by atoms with Crippen LogP contribution in [-0.2, 0) is 11.4 Å². The molecule has 1 amide bonds. The van der Waals surface area contributed by atoms with Crippen LogP contribution in [-0.4, -0.2) is 25.2 Å². The highest BCUT2D eigenvalue weighted by Crippen LogP contribution is 2.29. The van der Waals surface area contributed by atoms with Crippen molar-refractivity contribution >= 4 is 5.91 Å². The molecule has 0 aliphatic heterocycles. The molecule has 5 nitrogen and oxygen atoms in total. The van der Waals surface area contributed by atoms with Gasteiger partial charge in [0, 0.05) is 13.0 Å². The van der Waals surface area contributed by atoms with Crippen molar-refractivity contribution in [3.8, 4) is 17.2 Å². The smallest absolute Gasteiger partial charge is 0.217 e. The molecule has 0 spiro atoms. The van der Waals surface area contributed by atoms with E-state index in [4.69, 9.17) is 14.2 Å². The Kier molecular flexibility index (Phi) is 6.58. The van der Waals surface area contributed by atoms with E-state index in [2.05, 4.69) is 5.32 Å². The first-order valence-electron chi connectivity index (χ1n) is 9.43. The molecule has 0 heterocycles. The van der Waals surface area contributed by atoms with E-state index < -0.39 is 0 Å². The van der Waals surface area contributed by atoms with Gasteiger partial charge in [-0.2, -0.15) is 0 Å². The maximum absolute atomic E-state index is 11.0. The number of rotatable bonds is 10. The predicted octanol–water partition coefficient (Wildman–Crippen LogP) is 3.96. The zero-order chi connectivity index (χ0) is 19.1. The Morgan fingerprint density at radius 2 is 1.74 bits per heavy atom. The second kappa shape index (κ2) is 9.31. The van der Waals surface area contributed by atoms with Crippen LogP contribution in [0, 0.1) is 5.92 Å². The van der Waals surface area contributed by atoms with Crippen molar-refractivity contribution in [1.29, 1.82) is 0 Å². The highest BCUT2D eigenvalue weighted by atomic mass is 16.5. The highest BCUT2D eigenvalue weighted by Gasteiger charge is 2.21. The Morgan fingerprint density at radius 3 is 2.41 bits per heavy atom. The quantitative estimate of drug-likeness (QED) is 0.689. The fourth-order valence-corrected chi connectivity index (χ4v) is 2.61. The third-order valence-corrected chi connectivity index (χ3v) is 4.27. The van der Waals surface area contributed by atoms with Gasteiger partial charge in [0.1, 0.15) is 30.5 Å². The second-order valence-corrected chi connectivity index (χ2v) is 7.07.